The lowest BCUT2D eigenvalue weighted by molar-refractivity contribution is -0.117. The summed E-state index contributed by atoms with van der Waals surface area (Å²) >= 11 is 0. The number of carbonyl (C=O) groups excluding carboxylic acids is 1. The molecule has 4 nitrogen and oxygen atoms in total. The molecule has 1 aliphatic heterocycles. The van der Waals surface area contributed by atoms with Gasteiger partial charge in [0.2, 0.25) is 5.91 Å². The number of nitrogens with zero attached hydrogens (tertiary/aromatic N) is 1. The van der Waals surface area contributed by atoms with Gasteiger partial charge in [-0.1, -0.05) is 18.2 Å². The summed E-state index contributed by atoms with van der Waals surface area (Å²) < 4.78 is 0. The largest absolute Gasteiger partial charge is 0.325 e. The molecule has 0 saturated carbocycles. The van der Waals surface area contributed by atoms with Gasteiger partial charge in [0.25, 0.3) is 0 Å². The van der Waals surface area contributed by atoms with Crippen LogP contribution in [-0.4, -0.2) is 43.5 Å². The first-order valence-corrected chi connectivity index (χ1v) is 6.53. The summed E-state index contributed by atoms with van der Waals surface area (Å²) in [6.45, 7) is 2.47. The lowest BCUT2D eigenvalue weighted by atomic mass is 10.2. The number of hydrogen-bond acceptors (Lipinski definition) is 3. The van der Waals surface area contributed by atoms with Gasteiger partial charge in [-0.2, -0.15) is 0 Å². The molecular formula is C14H21N3O. The number of likely N-dealkylation sites (tertiary alicyclic amines) is 1. The minimum absolute atomic E-state index is 0.0733. The molecule has 1 saturated heterocycles. The molecule has 1 atom stereocenters. The lowest BCUT2D eigenvalue weighted by Crippen LogP contribution is -2.41. The minimum Gasteiger partial charge on any atom is -0.325 e. The number of hydrogen-bond donors (Lipinski definition) is 2. The van der Waals surface area contributed by atoms with E-state index in [1.807, 2.05) is 37.4 Å². The van der Waals surface area contributed by atoms with E-state index in [2.05, 4.69) is 15.5 Å². The molecule has 1 unspecified atom stereocenters. The topological polar surface area (TPSA) is 44.4 Å². The van der Waals surface area contributed by atoms with E-state index >= 15 is 0 Å². The van der Waals surface area contributed by atoms with Gasteiger partial charge in [0, 0.05) is 18.3 Å². The van der Waals surface area contributed by atoms with Crippen molar-refractivity contribution in [2.75, 3.05) is 32.0 Å². The minimum atomic E-state index is 0.0733. The third-order valence-electron chi connectivity index (χ3n) is 3.34. The Labute approximate surface area is 108 Å². The van der Waals surface area contributed by atoms with Crippen molar-refractivity contribution in [3.8, 4) is 0 Å². The zero-order valence-electron chi connectivity index (χ0n) is 10.9. The monoisotopic (exact) mass is 247 g/mol. The van der Waals surface area contributed by atoms with Crippen molar-refractivity contribution in [3.63, 3.8) is 0 Å². The molecule has 4 heteroatoms. The van der Waals surface area contributed by atoms with E-state index in [0.29, 0.717) is 12.6 Å². The fourth-order valence-corrected chi connectivity index (χ4v) is 2.48. The van der Waals surface area contributed by atoms with Crippen molar-refractivity contribution >= 4 is 11.6 Å². The Morgan fingerprint density at radius 3 is 2.89 bits per heavy atom. The van der Waals surface area contributed by atoms with Crippen molar-refractivity contribution in [1.82, 2.24) is 10.2 Å². The number of likely N-dealkylation sites (N-methyl/N-ethyl adjacent to an activating group) is 1. The molecule has 1 aromatic carbocycles. The van der Waals surface area contributed by atoms with Crippen LogP contribution >= 0.6 is 0 Å². The van der Waals surface area contributed by atoms with Crippen LogP contribution in [0, 0.1) is 0 Å². The fourth-order valence-electron chi connectivity index (χ4n) is 2.48. The van der Waals surface area contributed by atoms with Crippen LogP contribution in [0.1, 0.15) is 12.8 Å². The maximum absolute atomic E-state index is 11.9. The molecule has 1 heterocycles. The van der Waals surface area contributed by atoms with Gasteiger partial charge in [-0.15, -0.1) is 0 Å². The number of benzene rings is 1. The van der Waals surface area contributed by atoms with Gasteiger partial charge in [-0.25, -0.2) is 0 Å². The second-order valence-electron chi connectivity index (χ2n) is 4.74. The van der Waals surface area contributed by atoms with E-state index in [1.165, 1.54) is 12.8 Å². The van der Waals surface area contributed by atoms with Crippen molar-refractivity contribution in [2.45, 2.75) is 18.9 Å². The molecule has 0 bridgehead atoms. The maximum Gasteiger partial charge on any atom is 0.238 e. The standard InChI is InChI=1S/C14H21N3O/c1-15-10-13-8-5-9-17(13)11-14(18)16-12-6-3-2-4-7-12/h2-4,6-7,13,15H,5,8-11H2,1H3,(H,16,18). The highest BCUT2D eigenvalue weighted by Crippen LogP contribution is 2.16. The Kier molecular flexibility index (Phi) is 4.73. The maximum atomic E-state index is 11.9. The Bertz CT molecular complexity index is 380. The molecule has 18 heavy (non-hydrogen) atoms. The van der Waals surface area contributed by atoms with Gasteiger partial charge in [0.05, 0.1) is 6.54 Å². The first-order chi connectivity index (χ1) is 8.79. The molecular weight excluding hydrogens is 226 g/mol. The van der Waals surface area contributed by atoms with Crippen LogP contribution in [-0.2, 0) is 4.79 Å². The summed E-state index contributed by atoms with van der Waals surface area (Å²) in [5.74, 6) is 0.0733. The molecule has 2 rings (SSSR count). The quantitative estimate of drug-likeness (QED) is 0.824. The number of amides is 1. The second kappa shape index (κ2) is 6.52. The number of rotatable bonds is 5. The second-order valence-corrected chi connectivity index (χ2v) is 4.74. The first-order valence-electron chi connectivity index (χ1n) is 6.53. The van der Waals surface area contributed by atoms with Gasteiger partial charge in [-0.3, -0.25) is 9.69 Å². The molecule has 0 radical (unpaired) electrons. The highest BCUT2D eigenvalue weighted by molar-refractivity contribution is 5.92. The zero-order valence-corrected chi connectivity index (χ0v) is 10.9. The normalized spacial score (nSPS) is 19.9. The van der Waals surface area contributed by atoms with Crippen LogP contribution in [0.25, 0.3) is 0 Å². The van der Waals surface area contributed by atoms with E-state index in [-0.39, 0.29) is 5.91 Å². The van der Waals surface area contributed by atoms with Gasteiger partial charge in [-0.05, 0) is 38.6 Å². The van der Waals surface area contributed by atoms with Gasteiger partial charge >= 0.3 is 0 Å². The molecule has 1 aliphatic rings. The van der Waals surface area contributed by atoms with Gasteiger partial charge in [0.15, 0.2) is 0 Å². The SMILES string of the molecule is CNCC1CCCN1CC(=O)Nc1ccccc1. The zero-order chi connectivity index (χ0) is 12.8. The Morgan fingerprint density at radius 2 is 2.17 bits per heavy atom. The van der Waals surface area contributed by atoms with Crippen LogP contribution in [0.2, 0.25) is 0 Å². The average Bonchev–Trinajstić information content (AvgIpc) is 2.78. The average molecular weight is 247 g/mol. The third-order valence-corrected chi connectivity index (χ3v) is 3.34. The van der Waals surface area contributed by atoms with Crippen LogP contribution in [0.15, 0.2) is 30.3 Å². The Balaban J connectivity index is 1.84. The number of anilines is 1. The smallest absolute Gasteiger partial charge is 0.238 e. The molecule has 0 spiro atoms. The van der Waals surface area contributed by atoms with E-state index < -0.39 is 0 Å². The van der Waals surface area contributed by atoms with Crippen molar-refractivity contribution in [3.05, 3.63) is 30.3 Å². The van der Waals surface area contributed by atoms with Crippen LogP contribution in [0.5, 0.6) is 0 Å². The van der Waals surface area contributed by atoms with Gasteiger partial charge < -0.3 is 10.6 Å². The van der Waals surface area contributed by atoms with E-state index in [4.69, 9.17) is 0 Å². The van der Waals surface area contributed by atoms with Crippen molar-refractivity contribution < 1.29 is 4.79 Å². The van der Waals surface area contributed by atoms with Crippen LogP contribution in [0.3, 0.4) is 0 Å². The van der Waals surface area contributed by atoms with Crippen LogP contribution < -0.4 is 10.6 Å². The summed E-state index contributed by atoms with van der Waals surface area (Å²) in [6, 6.07) is 10.1. The third kappa shape index (κ3) is 3.55. The molecule has 1 fully saturated rings. The van der Waals surface area contributed by atoms with E-state index in [0.717, 1.165) is 18.8 Å². The first kappa shape index (κ1) is 13.1. The molecule has 98 valence electrons. The Hall–Kier alpha value is -1.39. The highest BCUT2D eigenvalue weighted by atomic mass is 16.2. The molecule has 1 aromatic rings. The Morgan fingerprint density at radius 1 is 1.39 bits per heavy atom. The number of para-hydroxylation sites is 1. The summed E-state index contributed by atoms with van der Waals surface area (Å²) in [7, 11) is 1.96. The van der Waals surface area contributed by atoms with E-state index in [9.17, 15) is 4.79 Å². The summed E-state index contributed by atoms with van der Waals surface area (Å²) in [5, 5.41) is 6.12. The molecule has 0 aliphatic carbocycles. The summed E-state index contributed by atoms with van der Waals surface area (Å²) in [6.07, 6.45) is 2.37. The summed E-state index contributed by atoms with van der Waals surface area (Å²) in [5.41, 5.74) is 0.867. The summed E-state index contributed by atoms with van der Waals surface area (Å²) in [4.78, 5) is 14.2. The predicted octanol–water partition coefficient (Wildman–Crippen LogP) is 1.31. The van der Waals surface area contributed by atoms with Crippen molar-refractivity contribution in [1.29, 1.82) is 0 Å². The number of nitrogens with one attached hydrogen (secondary N) is 2. The molecule has 0 aromatic heterocycles. The highest BCUT2D eigenvalue weighted by Gasteiger charge is 2.25. The lowest BCUT2D eigenvalue weighted by Gasteiger charge is -2.23. The van der Waals surface area contributed by atoms with Crippen molar-refractivity contribution in [2.24, 2.45) is 0 Å². The number of carbonyl (C=O) groups is 1. The fraction of sp³-hybridized carbons (Fsp3) is 0.500. The predicted molar refractivity (Wildman–Crippen MR) is 73.6 cm³/mol. The van der Waals surface area contributed by atoms with Gasteiger partial charge in [0.1, 0.15) is 0 Å². The van der Waals surface area contributed by atoms with E-state index in [1.54, 1.807) is 0 Å². The molecule has 1 amide bonds. The molecule has 2 N–H and O–H groups in total. The van der Waals surface area contributed by atoms with Crippen LogP contribution in [0.4, 0.5) is 5.69 Å².